The summed E-state index contributed by atoms with van der Waals surface area (Å²) in [5, 5.41) is 15.0. The Balaban J connectivity index is 1.86. The molecule has 2 aromatic heterocycles. The lowest BCUT2D eigenvalue weighted by atomic mass is 10.2. The standard InChI is InChI=1S/C14H16N8O/c1-20-4-6-21(7-5-20)13-14-17-18-19-22(14)12-8-10(9-15-23)2-3-11(12)16-13/h2-3,8H,4-7,9H2,1H3. The number of hydrogen-bond donors (Lipinski definition) is 0. The topological polar surface area (TPSA) is 91.9 Å². The number of piperazine rings is 1. The van der Waals surface area contributed by atoms with Gasteiger partial charge in [0.15, 0.2) is 5.82 Å². The highest BCUT2D eigenvalue weighted by molar-refractivity contribution is 5.83. The molecule has 1 aliphatic heterocycles. The Morgan fingerprint density at radius 3 is 2.83 bits per heavy atom. The van der Waals surface area contributed by atoms with Crippen molar-refractivity contribution in [2.45, 2.75) is 6.54 Å². The fraction of sp³-hybridized carbons (Fsp3) is 0.429. The van der Waals surface area contributed by atoms with Crippen molar-refractivity contribution in [1.82, 2.24) is 29.9 Å². The molecule has 9 nitrogen and oxygen atoms in total. The molecule has 0 saturated carbocycles. The quantitative estimate of drug-likeness (QED) is 0.657. The third-order valence-electron chi connectivity index (χ3n) is 4.21. The van der Waals surface area contributed by atoms with Crippen molar-refractivity contribution in [1.29, 1.82) is 0 Å². The molecular weight excluding hydrogens is 296 g/mol. The normalized spacial score (nSPS) is 16.3. The lowest BCUT2D eigenvalue weighted by Gasteiger charge is -2.33. The number of hydrogen-bond acceptors (Lipinski definition) is 8. The maximum atomic E-state index is 10.5. The van der Waals surface area contributed by atoms with Crippen LogP contribution in [0.4, 0.5) is 5.82 Å². The number of likely N-dealkylation sites (N-methyl/N-ethyl adjacent to an activating group) is 1. The van der Waals surface area contributed by atoms with Gasteiger partial charge < -0.3 is 9.80 Å². The molecule has 0 amide bonds. The Morgan fingerprint density at radius 2 is 2.04 bits per heavy atom. The number of fused-ring (bicyclic) bond motifs is 3. The number of benzene rings is 1. The van der Waals surface area contributed by atoms with Gasteiger partial charge in [-0.2, -0.15) is 9.42 Å². The molecule has 0 aliphatic carbocycles. The van der Waals surface area contributed by atoms with Crippen molar-refractivity contribution in [2.75, 3.05) is 38.1 Å². The number of aromatic nitrogens is 5. The van der Waals surface area contributed by atoms with E-state index in [1.165, 1.54) is 0 Å². The second-order valence-corrected chi connectivity index (χ2v) is 5.75. The van der Waals surface area contributed by atoms with Crippen molar-refractivity contribution < 1.29 is 0 Å². The summed E-state index contributed by atoms with van der Waals surface area (Å²) in [6.45, 7) is 3.88. The summed E-state index contributed by atoms with van der Waals surface area (Å²) < 4.78 is 1.68. The highest BCUT2D eigenvalue weighted by Crippen LogP contribution is 2.24. The van der Waals surface area contributed by atoms with Gasteiger partial charge in [-0.1, -0.05) is 11.2 Å². The monoisotopic (exact) mass is 312 g/mol. The van der Waals surface area contributed by atoms with Crippen LogP contribution in [0.1, 0.15) is 5.56 Å². The van der Waals surface area contributed by atoms with Crippen molar-refractivity contribution in [2.24, 2.45) is 5.18 Å². The fourth-order valence-electron chi connectivity index (χ4n) is 2.89. The van der Waals surface area contributed by atoms with E-state index in [1.807, 2.05) is 18.2 Å². The van der Waals surface area contributed by atoms with Crippen LogP contribution in [-0.4, -0.2) is 63.2 Å². The van der Waals surface area contributed by atoms with E-state index in [2.05, 4.69) is 37.5 Å². The second-order valence-electron chi connectivity index (χ2n) is 5.75. The first-order valence-corrected chi connectivity index (χ1v) is 7.49. The highest BCUT2D eigenvalue weighted by Gasteiger charge is 2.21. The Kier molecular flexibility index (Phi) is 3.34. The van der Waals surface area contributed by atoms with Crippen LogP contribution >= 0.6 is 0 Å². The van der Waals surface area contributed by atoms with Crippen LogP contribution < -0.4 is 4.90 Å². The largest absolute Gasteiger partial charge is 0.351 e. The van der Waals surface area contributed by atoms with Crippen molar-refractivity contribution in [3.05, 3.63) is 28.7 Å². The molecule has 1 aromatic carbocycles. The van der Waals surface area contributed by atoms with E-state index in [4.69, 9.17) is 4.98 Å². The van der Waals surface area contributed by atoms with E-state index in [9.17, 15) is 4.91 Å². The van der Waals surface area contributed by atoms with Crippen LogP contribution in [0.3, 0.4) is 0 Å². The van der Waals surface area contributed by atoms with Gasteiger partial charge in [0, 0.05) is 26.2 Å². The minimum absolute atomic E-state index is 0.125. The molecule has 9 heteroatoms. The Hall–Kier alpha value is -2.68. The molecule has 1 fully saturated rings. The molecule has 0 bridgehead atoms. The molecule has 0 radical (unpaired) electrons. The van der Waals surface area contributed by atoms with E-state index >= 15 is 0 Å². The Morgan fingerprint density at radius 1 is 1.22 bits per heavy atom. The summed E-state index contributed by atoms with van der Waals surface area (Å²) in [5.74, 6) is 0.803. The molecule has 118 valence electrons. The lowest BCUT2D eigenvalue weighted by molar-refractivity contribution is 0.312. The molecule has 3 heterocycles. The van der Waals surface area contributed by atoms with E-state index in [0.717, 1.165) is 48.6 Å². The fourth-order valence-corrected chi connectivity index (χ4v) is 2.89. The van der Waals surface area contributed by atoms with Gasteiger partial charge in [0.05, 0.1) is 11.0 Å². The summed E-state index contributed by atoms with van der Waals surface area (Å²) in [7, 11) is 2.11. The maximum Gasteiger partial charge on any atom is 0.222 e. The third-order valence-corrected chi connectivity index (χ3v) is 4.21. The van der Waals surface area contributed by atoms with Crippen LogP contribution in [0, 0.1) is 4.91 Å². The maximum absolute atomic E-state index is 10.5. The van der Waals surface area contributed by atoms with Crippen LogP contribution in [-0.2, 0) is 6.54 Å². The van der Waals surface area contributed by atoms with Crippen LogP contribution in [0.2, 0.25) is 0 Å². The molecule has 0 N–H and O–H groups in total. The van der Waals surface area contributed by atoms with Crippen LogP contribution in [0.25, 0.3) is 16.7 Å². The zero-order chi connectivity index (χ0) is 15.8. The van der Waals surface area contributed by atoms with E-state index in [1.54, 1.807) is 4.52 Å². The smallest absolute Gasteiger partial charge is 0.222 e. The highest BCUT2D eigenvalue weighted by atomic mass is 16.3. The molecule has 1 saturated heterocycles. The number of nitrogens with zero attached hydrogens (tertiary/aromatic N) is 8. The van der Waals surface area contributed by atoms with E-state index in [0.29, 0.717) is 5.65 Å². The predicted molar refractivity (Wildman–Crippen MR) is 85.3 cm³/mol. The van der Waals surface area contributed by atoms with Crippen molar-refractivity contribution >= 4 is 22.5 Å². The first-order chi connectivity index (χ1) is 11.3. The average molecular weight is 312 g/mol. The Bertz CT molecular complexity index is 868. The summed E-state index contributed by atoms with van der Waals surface area (Å²) in [6.07, 6.45) is 0. The predicted octanol–water partition coefficient (Wildman–Crippen LogP) is 0.691. The zero-order valence-electron chi connectivity index (χ0n) is 12.8. The summed E-state index contributed by atoms with van der Waals surface area (Å²) >= 11 is 0. The molecule has 0 unspecified atom stereocenters. The van der Waals surface area contributed by atoms with Gasteiger partial charge >= 0.3 is 0 Å². The van der Waals surface area contributed by atoms with E-state index < -0.39 is 0 Å². The number of anilines is 1. The first-order valence-electron chi connectivity index (χ1n) is 7.49. The number of tetrazole rings is 1. The minimum atomic E-state index is 0.125. The van der Waals surface area contributed by atoms with Gasteiger partial charge in [-0.15, -0.1) is 5.10 Å². The van der Waals surface area contributed by atoms with Crippen molar-refractivity contribution in [3.8, 4) is 0 Å². The summed E-state index contributed by atoms with van der Waals surface area (Å²) in [5.41, 5.74) is 3.04. The summed E-state index contributed by atoms with van der Waals surface area (Å²) in [4.78, 5) is 19.8. The Labute approximate surface area is 131 Å². The van der Waals surface area contributed by atoms with Gasteiger partial charge in [0.1, 0.15) is 6.54 Å². The van der Waals surface area contributed by atoms with Crippen LogP contribution in [0.15, 0.2) is 23.4 Å². The first kappa shape index (κ1) is 13.9. The van der Waals surface area contributed by atoms with Gasteiger partial charge in [-0.05, 0) is 35.2 Å². The zero-order valence-corrected chi connectivity index (χ0v) is 12.8. The lowest BCUT2D eigenvalue weighted by Crippen LogP contribution is -2.45. The molecule has 0 spiro atoms. The third kappa shape index (κ3) is 2.38. The molecule has 23 heavy (non-hydrogen) atoms. The molecule has 4 rings (SSSR count). The second kappa shape index (κ2) is 5.51. The SMILES string of the molecule is CN1CCN(c2nc3ccc(CN=O)cc3n3nnnc23)CC1. The molecule has 1 aliphatic rings. The number of nitroso groups, excluding NO2 is 1. The van der Waals surface area contributed by atoms with Gasteiger partial charge in [0.2, 0.25) is 5.65 Å². The van der Waals surface area contributed by atoms with Crippen molar-refractivity contribution in [3.63, 3.8) is 0 Å². The average Bonchev–Trinajstić information content (AvgIpc) is 3.05. The molecule has 3 aromatic rings. The molecule has 0 atom stereocenters. The molecular formula is C14H16N8O. The van der Waals surface area contributed by atoms with Crippen LogP contribution in [0.5, 0.6) is 0 Å². The van der Waals surface area contributed by atoms with Gasteiger partial charge in [-0.25, -0.2) is 4.98 Å². The van der Waals surface area contributed by atoms with Gasteiger partial charge in [-0.3, -0.25) is 0 Å². The van der Waals surface area contributed by atoms with Gasteiger partial charge in [0.25, 0.3) is 0 Å². The van der Waals surface area contributed by atoms with E-state index in [-0.39, 0.29) is 6.54 Å². The minimum Gasteiger partial charge on any atom is -0.351 e. The number of rotatable bonds is 3. The summed E-state index contributed by atoms with van der Waals surface area (Å²) in [6, 6.07) is 5.61.